The molecular weight excluding hydrogens is 392 g/mol. The average Bonchev–Trinajstić information content (AvgIpc) is 3.16. The fourth-order valence-electron chi connectivity index (χ4n) is 3.38. The molecule has 1 aromatic heterocycles. The Balaban J connectivity index is 1.78. The van der Waals surface area contributed by atoms with Crippen LogP contribution in [-0.4, -0.2) is 33.9 Å². The molecule has 1 aliphatic rings. The Morgan fingerprint density at radius 1 is 1.21 bits per heavy atom. The molecule has 0 bridgehead atoms. The molecule has 0 radical (unpaired) electrons. The van der Waals surface area contributed by atoms with Crippen molar-refractivity contribution in [2.45, 2.75) is 25.1 Å². The molecule has 0 aliphatic carbocycles. The highest BCUT2D eigenvalue weighted by molar-refractivity contribution is 6.30. The Hall–Kier alpha value is -2.94. The summed E-state index contributed by atoms with van der Waals surface area (Å²) in [5.41, 5.74) is 1.48. The van der Waals surface area contributed by atoms with Crippen LogP contribution in [0.2, 0.25) is 5.02 Å². The van der Waals surface area contributed by atoms with Gasteiger partial charge in [0.1, 0.15) is 0 Å². The third-order valence-electron chi connectivity index (χ3n) is 4.62. The Morgan fingerprint density at radius 2 is 2.00 bits per heavy atom. The van der Waals surface area contributed by atoms with E-state index in [0.717, 1.165) is 5.56 Å². The Bertz CT molecular complexity index is 967. The molecule has 7 nitrogen and oxygen atoms in total. The summed E-state index contributed by atoms with van der Waals surface area (Å²) in [6.45, 7) is -2.99. The number of alkyl halides is 2. The maximum atomic E-state index is 13.0. The summed E-state index contributed by atoms with van der Waals surface area (Å²) in [4.78, 5) is 0. The minimum atomic E-state index is -2.99. The summed E-state index contributed by atoms with van der Waals surface area (Å²) < 4.78 is 37.7. The number of hydrogen-bond donors (Lipinski definition) is 1. The lowest BCUT2D eigenvalue weighted by Crippen LogP contribution is -2.28. The molecule has 4 rings (SSSR count). The number of methoxy groups -OCH3 is 1. The average molecular weight is 408 g/mol. The molecule has 0 saturated heterocycles. The second kappa shape index (κ2) is 7.59. The number of nitrogens with zero attached hydrogens (tertiary/aromatic N) is 4. The fraction of sp³-hybridized carbons (Fsp3) is 0.278. The summed E-state index contributed by atoms with van der Waals surface area (Å²) >= 11 is 5.98. The first-order valence-electron chi connectivity index (χ1n) is 8.48. The summed E-state index contributed by atoms with van der Waals surface area (Å²) in [5, 5.41) is 15.6. The quantitative estimate of drug-likeness (QED) is 0.687. The van der Waals surface area contributed by atoms with E-state index in [4.69, 9.17) is 21.1 Å². The van der Waals surface area contributed by atoms with Crippen LogP contribution in [0.25, 0.3) is 0 Å². The molecule has 0 fully saturated rings. The zero-order chi connectivity index (χ0) is 19.7. The zero-order valence-electron chi connectivity index (χ0n) is 14.7. The van der Waals surface area contributed by atoms with Gasteiger partial charge >= 0.3 is 6.61 Å². The van der Waals surface area contributed by atoms with Crippen molar-refractivity contribution in [3.63, 3.8) is 0 Å². The van der Waals surface area contributed by atoms with Gasteiger partial charge in [0.2, 0.25) is 5.95 Å². The molecule has 0 saturated carbocycles. The maximum Gasteiger partial charge on any atom is 0.387 e. The van der Waals surface area contributed by atoms with Crippen LogP contribution < -0.4 is 14.8 Å². The van der Waals surface area contributed by atoms with Crippen LogP contribution in [-0.2, 0) is 0 Å². The molecule has 10 heteroatoms. The Kier molecular flexibility index (Phi) is 4.99. The second-order valence-electron chi connectivity index (χ2n) is 6.20. The fourth-order valence-corrected chi connectivity index (χ4v) is 3.51. The Morgan fingerprint density at radius 3 is 2.71 bits per heavy atom. The van der Waals surface area contributed by atoms with Crippen LogP contribution in [0.5, 0.6) is 11.5 Å². The SMILES string of the molecule is COc1cccc([C@H]2C[C@H](c3ccc(Cl)cc3)Nc3nnnn32)c1OC(F)F. The maximum absolute atomic E-state index is 13.0. The van der Waals surface area contributed by atoms with Crippen molar-refractivity contribution < 1.29 is 18.3 Å². The third-order valence-corrected chi connectivity index (χ3v) is 4.87. The molecular formula is C18H16ClF2N5O2. The molecule has 3 aromatic rings. The van der Waals surface area contributed by atoms with Crippen LogP contribution in [0.4, 0.5) is 14.7 Å². The number of fused-ring (bicyclic) bond motifs is 1. The molecule has 0 amide bonds. The van der Waals surface area contributed by atoms with E-state index in [2.05, 4.69) is 20.8 Å². The number of tetrazole rings is 1. The Labute approximate surface area is 164 Å². The minimum absolute atomic E-state index is 0.0248. The van der Waals surface area contributed by atoms with Gasteiger partial charge in [0, 0.05) is 10.6 Å². The molecule has 1 aliphatic heterocycles. The van der Waals surface area contributed by atoms with Crippen molar-refractivity contribution in [1.29, 1.82) is 0 Å². The van der Waals surface area contributed by atoms with E-state index in [9.17, 15) is 8.78 Å². The first-order valence-corrected chi connectivity index (χ1v) is 8.86. The molecule has 1 N–H and O–H groups in total. The van der Waals surface area contributed by atoms with Gasteiger partial charge in [0.25, 0.3) is 0 Å². The predicted molar refractivity (Wildman–Crippen MR) is 98.0 cm³/mol. The lowest BCUT2D eigenvalue weighted by atomic mass is 9.92. The van der Waals surface area contributed by atoms with Gasteiger partial charge in [-0.15, -0.1) is 0 Å². The van der Waals surface area contributed by atoms with Gasteiger partial charge in [0.15, 0.2) is 11.5 Å². The van der Waals surface area contributed by atoms with Gasteiger partial charge in [0.05, 0.1) is 19.2 Å². The van der Waals surface area contributed by atoms with E-state index in [1.165, 1.54) is 7.11 Å². The summed E-state index contributed by atoms with van der Waals surface area (Å²) in [7, 11) is 1.40. The van der Waals surface area contributed by atoms with Gasteiger partial charge in [-0.3, -0.25) is 0 Å². The topological polar surface area (TPSA) is 74.1 Å². The van der Waals surface area contributed by atoms with E-state index >= 15 is 0 Å². The van der Waals surface area contributed by atoms with Crippen LogP contribution in [0.15, 0.2) is 42.5 Å². The van der Waals surface area contributed by atoms with Crippen molar-refractivity contribution in [3.05, 3.63) is 58.6 Å². The molecule has 2 atom stereocenters. The van der Waals surface area contributed by atoms with Gasteiger partial charge in [-0.05, 0) is 40.6 Å². The number of ether oxygens (including phenoxy) is 2. The number of para-hydroxylation sites is 1. The van der Waals surface area contributed by atoms with E-state index in [-0.39, 0.29) is 17.5 Å². The highest BCUT2D eigenvalue weighted by atomic mass is 35.5. The number of anilines is 1. The highest BCUT2D eigenvalue weighted by Crippen LogP contribution is 2.43. The normalized spacial score (nSPS) is 18.5. The molecule has 146 valence electrons. The van der Waals surface area contributed by atoms with Crippen LogP contribution in [0, 0.1) is 0 Å². The molecule has 0 unspecified atom stereocenters. The van der Waals surface area contributed by atoms with Gasteiger partial charge in [-0.2, -0.15) is 8.78 Å². The lowest BCUT2D eigenvalue weighted by molar-refractivity contribution is -0.0521. The van der Waals surface area contributed by atoms with E-state index in [1.54, 1.807) is 35.0 Å². The number of benzene rings is 2. The highest BCUT2D eigenvalue weighted by Gasteiger charge is 2.33. The van der Waals surface area contributed by atoms with Crippen LogP contribution in [0.1, 0.15) is 29.6 Å². The van der Waals surface area contributed by atoms with E-state index < -0.39 is 12.7 Å². The summed E-state index contributed by atoms with van der Waals surface area (Å²) in [6, 6.07) is 11.8. The lowest BCUT2D eigenvalue weighted by Gasteiger charge is -2.32. The first kappa shape index (κ1) is 18.4. The van der Waals surface area contributed by atoms with Crippen molar-refractivity contribution in [1.82, 2.24) is 20.2 Å². The largest absolute Gasteiger partial charge is 0.493 e. The van der Waals surface area contributed by atoms with Crippen molar-refractivity contribution in [2.24, 2.45) is 0 Å². The van der Waals surface area contributed by atoms with Gasteiger partial charge in [-0.25, -0.2) is 4.68 Å². The van der Waals surface area contributed by atoms with Crippen LogP contribution >= 0.6 is 11.6 Å². The summed E-state index contributed by atoms with van der Waals surface area (Å²) in [5.74, 6) is 0.624. The molecule has 2 aromatic carbocycles. The summed E-state index contributed by atoms with van der Waals surface area (Å²) in [6.07, 6.45) is 0.506. The smallest absolute Gasteiger partial charge is 0.387 e. The molecule has 28 heavy (non-hydrogen) atoms. The minimum Gasteiger partial charge on any atom is -0.493 e. The first-order chi connectivity index (χ1) is 13.6. The van der Waals surface area contributed by atoms with E-state index in [0.29, 0.717) is 23.0 Å². The zero-order valence-corrected chi connectivity index (χ0v) is 15.5. The number of aromatic nitrogens is 4. The number of nitrogens with one attached hydrogen (secondary N) is 1. The van der Waals surface area contributed by atoms with Gasteiger partial charge in [-0.1, -0.05) is 41.0 Å². The standard InChI is InChI=1S/C18H16ClF2N5O2/c1-27-15-4-2-3-12(16(15)28-17(20)21)14-9-13(10-5-7-11(19)8-6-10)22-18-23-24-25-26(14)18/h2-8,13-14,17H,9H2,1H3,(H,22,23,25)/t13-,14-/m1/s1. The number of halogens is 3. The number of rotatable bonds is 5. The number of hydrogen-bond acceptors (Lipinski definition) is 6. The van der Waals surface area contributed by atoms with Crippen molar-refractivity contribution in [3.8, 4) is 11.5 Å². The van der Waals surface area contributed by atoms with Gasteiger partial charge < -0.3 is 14.8 Å². The van der Waals surface area contributed by atoms with E-state index in [1.807, 2.05) is 12.1 Å². The van der Waals surface area contributed by atoms with Crippen molar-refractivity contribution in [2.75, 3.05) is 12.4 Å². The predicted octanol–water partition coefficient (Wildman–Crippen LogP) is 4.08. The van der Waals surface area contributed by atoms with Crippen molar-refractivity contribution >= 4 is 17.5 Å². The monoisotopic (exact) mass is 407 g/mol. The second-order valence-corrected chi connectivity index (χ2v) is 6.64. The molecule has 2 heterocycles. The van der Waals surface area contributed by atoms with Crippen LogP contribution in [0.3, 0.4) is 0 Å². The third kappa shape index (κ3) is 3.45. The molecule has 0 spiro atoms.